The number of carbonyl (C=O) groups excluding carboxylic acids is 1. The number of hydrogen-bond donors (Lipinski definition) is 1. The van der Waals surface area contributed by atoms with Crippen LogP contribution < -0.4 is 5.32 Å². The van der Waals surface area contributed by atoms with Crippen LogP contribution in [-0.4, -0.2) is 56.3 Å². The third-order valence-electron chi connectivity index (χ3n) is 4.47. The summed E-state index contributed by atoms with van der Waals surface area (Å²) >= 11 is 5.91. The van der Waals surface area contributed by atoms with Crippen molar-refractivity contribution in [1.82, 2.24) is 9.21 Å². The van der Waals surface area contributed by atoms with Gasteiger partial charge in [-0.1, -0.05) is 35.4 Å². The fourth-order valence-corrected chi connectivity index (χ4v) is 4.57. The Hall–Kier alpha value is -1.93. The zero-order valence-electron chi connectivity index (χ0n) is 15.1. The Morgan fingerprint density at radius 1 is 1.07 bits per heavy atom. The van der Waals surface area contributed by atoms with Crippen molar-refractivity contribution in [1.29, 1.82) is 0 Å². The van der Waals surface area contributed by atoms with Crippen molar-refractivity contribution in [3.63, 3.8) is 0 Å². The summed E-state index contributed by atoms with van der Waals surface area (Å²) in [6, 6.07) is 13.8. The van der Waals surface area contributed by atoms with Gasteiger partial charge in [0.2, 0.25) is 15.9 Å². The van der Waals surface area contributed by atoms with Crippen molar-refractivity contribution < 1.29 is 13.2 Å². The molecule has 1 fully saturated rings. The SMILES string of the molecule is Cc1ccc(S(=O)(=O)N2CCN(CC(=O)Nc3cccc(Cl)c3)CC2)cc1. The summed E-state index contributed by atoms with van der Waals surface area (Å²) in [4.78, 5) is 14.4. The van der Waals surface area contributed by atoms with Crippen molar-refractivity contribution in [2.75, 3.05) is 38.0 Å². The number of carbonyl (C=O) groups is 1. The number of benzene rings is 2. The second-order valence-corrected chi connectivity index (χ2v) is 8.93. The lowest BCUT2D eigenvalue weighted by Gasteiger charge is -2.33. The highest BCUT2D eigenvalue weighted by Crippen LogP contribution is 2.18. The Labute approximate surface area is 164 Å². The highest BCUT2D eigenvalue weighted by Gasteiger charge is 2.28. The summed E-state index contributed by atoms with van der Waals surface area (Å²) in [5.41, 5.74) is 1.66. The van der Waals surface area contributed by atoms with Crippen molar-refractivity contribution in [2.45, 2.75) is 11.8 Å². The topological polar surface area (TPSA) is 69.7 Å². The zero-order chi connectivity index (χ0) is 19.4. The minimum Gasteiger partial charge on any atom is -0.325 e. The number of amides is 1. The molecular weight excluding hydrogens is 386 g/mol. The molecule has 0 radical (unpaired) electrons. The fourth-order valence-electron chi connectivity index (χ4n) is 2.96. The van der Waals surface area contributed by atoms with Crippen LogP contribution in [0.3, 0.4) is 0 Å². The lowest BCUT2D eigenvalue weighted by atomic mass is 10.2. The molecule has 8 heteroatoms. The number of aryl methyl sites for hydroxylation is 1. The third kappa shape index (κ3) is 5.07. The van der Waals surface area contributed by atoms with Crippen molar-refractivity contribution in [3.8, 4) is 0 Å². The Balaban J connectivity index is 1.54. The van der Waals surface area contributed by atoms with Crippen LogP contribution >= 0.6 is 11.6 Å². The summed E-state index contributed by atoms with van der Waals surface area (Å²) in [5, 5.41) is 3.36. The molecule has 1 amide bonds. The number of halogens is 1. The van der Waals surface area contributed by atoms with Crippen molar-refractivity contribution >= 4 is 33.2 Å². The van der Waals surface area contributed by atoms with Crippen LogP contribution in [0.25, 0.3) is 0 Å². The van der Waals surface area contributed by atoms with Crippen LogP contribution in [0, 0.1) is 6.92 Å². The quantitative estimate of drug-likeness (QED) is 0.827. The molecule has 3 rings (SSSR count). The van der Waals surface area contributed by atoms with E-state index in [9.17, 15) is 13.2 Å². The molecule has 0 aliphatic carbocycles. The molecule has 6 nitrogen and oxygen atoms in total. The monoisotopic (exact) mass is 407 g/mol. The number of piperazine rings is 1. The van der Waals surface area contributed by atoms with E-state index in [1.165, 1.54) is 4.31 Å². The lowest BCUT2D eigenvalue weighted by Crippen LogP contribution is -2.50. The molecule has 0 aromatic heterocycles. The van der Waals surface area contributed by atoms with Gasteiger partial charge >= 0.3 is 0 Å². The van der Waals surface area contributed by atoms with E-state index in [4.69, 9.17) is 11.6 Å². The Morgan fingerprint density at radius 2 is 1.74 bits per heavy atom. The zero-order valence-corrected chi connectivity index (χ0v) is 16.6. The predicted molar refractivity (Wildman–Crippen MR) is 106 cm³/mol. The maximum Gasteiger partial charge on any atom is 0.243 e. The minimum absolute atomic E-state index is 0.146. The van der Waals surface area contributed by atoms with E-state index >= 15 is 0 Å². The van der Waals surface area contributed by atoms with E-state index in [0.717, 1.165) is 5.56 Å². The van der Waals surface area contributed by atoms with Gasteiger partial charge in [-0.2, -0.15) is 4.31 Å². The molecule has 0 atom stereocenters. The molecule has 1 heterocycles. The molecule has 2 aromatic carbocycles. The number of sulfonamides is 1. The van der Waals surface area contributed by atoms with Gasteiger partial charge in [-0.05, 0) is 37.3 Å². The molecule has 144 valence electrons. The minimum atomic E-state index is -3.49. The number of nitrogens with one attached hydrogen (secondary N) is 1. The highest BCUT2D eigenvalue weighted by molar-refractivity contribution is 7.89. The molecule has 0 spiro atoms. The van der Waals surface area contributed by atoms with E-state index in [-0.39, 0.29) is 12.5 Å². The summed E-state index contributed by atoms with van der Waals surface area (Å²) < 4.78 is 26.9. The van der Waals surface area contributed by atoms with Gasteiger partial charge < -0.3 is 5.32 Å². The molecule has 1 aliphatic rings. The van der Waals surface area contributed by atoms with Crippen LogP contribution in [0.1, 0.15) is 5.56 Å². The first-order chi connectivity index (χ1) is 12.8. The fraction of sp³-hybridized carbons (Fsp3) is 0.316. The molecule has 2 aromatic rings. The predicted octanol–water partition coefficient (Wildman–Crippen LogP) is 2.59. The summed E-state index contributed by atoms with van der Waals surface area (Å²) in [7, 11) is -3.49. The second kappa shape index (κ2) is 8.39. The molecular formula is C19H22ClN3O3S. The summed E-state index contributed by atoms with van der Waals surface area (Å²) in [6.45, 7) is 3.87. The van der Waals surface area contributed by atoms with Crippen molar-refractivity contribution in [2.24, 2.45) is 0 Å². The first-order valence-corrected chi connectivity index (χ1v) is 10.5. The normalized spacial score (nSPS) is 16.2. The average Bonchev–Trinajstić information content (AvgIpc) is 2.62. The first kappa shape index (κ1) is 19.8. The third-order valence-corrected chi connectivity index (χ3v) is 6.61. The number of rotatable bonds is 5. The highest BCUT2D eigenvalue weighted by atomic mass is 35.5. The van der Waals surface area contributed by atoms with Crippen LogP contribution in [0.2, 0.25) is 5.02 Å². The molecule has 27 heavy (non-hydrogen) atoms. The average molecular weight is 408 g/mol. The van der Waals surface area contributed by atoms with E-state index in [1.807, 2.05) is 11.8 Å². The maximum atomic E-state index is 12.7. The van der Waals surface area contributed by atoms with E-state index in [1.54, 1.807) is 48.5 Å². The molecule has 1 aliphatic heterocycles. The van der Waals surface area contributed by atoms with Gasteiger partial charge in [-0.15, -0.1) is 0 Å². The molecule has 0 unspecified atom stereocenters. The van der Waals surface area contributed by atoms with Crippen molar-refractivity contribution in [3.05, 3.63) is 59.1 Å². The second-order valence-electron chi connectivity index (χ2n) is 6.55. The van der Waals surface area contributed by atoms with Gasteiger partial charge in [-0.25, -0.2) is 8.42 Å². The summed E-state index contributed by atoms with van der Waals surface area (Å²) in [5.74, 6) is -0.146. The standard InChI is InChI=1S/C19H22ClN3O3S/c1-15-5-7-18(8-6-15)27(25,26)23-11-9-22(10-12-23)14-19(24)21-17-4-2-3-16(20)13-17/h2-8,13H,9-12,14H2,1H3,(H,21,24). The Kier molecular flexibility index (Phi) is 6.16. The van der Waals surface area contributed by atoms with Crippen LogP contribution in [0.15, 0.2) is 53.4 Å². The Morgan fingerprint density at radius 3 is 2.37 bits per heavy atom. The maximum absolute atomic E-state index is 12.7. The summed E-state index contributed by atoms with van der Waals surface area (Å²) in [6.07, 6.45) is 0. The van der Waals surface area contributed by atoms with Gasteiger partial charge in [-0.3, -0.25) is 9.69 Å². The molecule has 1 saturated heterocycles. The number of nitrogens with zero attached hydrogens (tertiary/aromatic N) is 2. The first-order valence-electron chi connectivity index (χ1n) is 8.69. The van der Waals surface area contributed by atoms with E-state index < -0.39 is 10.0 Å². The molecule has 0 saturated carbocycles. The Bertz CT molecular complexity index is 908. The van der Waals surface area contributed by atoms with Gasteiger partial charge in [0.25, 0.3) is 0 Å². The van der Waals surface area contributed by atoms with Crippen LogP contribution in [0.5, 0.6) is 0 Å². The smallest absolute Gasteiger partial charge is 0.243 e. The van der Waals surface area contributed by atoms with Gasteiger partial charge in [0.05, 0.1) is 11.4 Å². The molecule has 1 N–H and O–H groups in total. The van der Waals surface area contributed by atoms with Gasteiger partial charge in [0.15, 0.2) is 0 Å². The largest absolute Gasteiger partial charge is 0.325 e. The van der Waals surface area contributed by atoms with Crippen LogP contribution in [0.4, 0.5) is 5.69 Å². The molecule has 0 bridgehead atoms. The lowest BCUT2D eigenvalue weighted by molar-refractivity contribution is -0.117. The number of hydrogen-bond acceptors (Lipinski definition) is 4. The van der Waals surface area contributed by atoms with Gasteiger partial charge in [0.1, 0.15) is 0 Å². The van der Waals surface area contributed by atoms with E-state index in [2.05, 4.69) is 5.32 Å². The number of anilines is 1. The van der Waals surface area contributed by atoms with E-state index in [0.29, 0.717) is 41.8 Å². The van der Waals surface area contributed by atoms with Crippen LogP contribution in [-0.2, 0) is 14.8 Å². The van der Waals surface area contributed by atoms with Gasteiger partial charge in [0, 0.05) is 36.9 Å².